The molecule has 1 aliphatic rings. The van der Waals surface area contributed by atoms with Crippen LogP contribution >= 0.6 is 27.5 Å². The van der Waals surface area contributed by atoms with E-state index in [1.807, 2.05) is 55.5 Å². The largest absolute Gasteiger partial charge is 0.497 e. The number of fused-ring (bicyclic) bond motifs is 2. The molecule has 1 aromatic heterocycles. The van der Waals surface area contributed by atoms with Crippen molar-refractivity contribution >= 4 is 44.4 Å². The van der Waals surface area contributed by atoms with Crippen LogP contribution < -0.4 is 10.2 Å². The molecular formula is C27H21BrClNO4. The van der Waals surface area contributed by atoms with Gasteiger partial charge in [0.15, 0.2) is 5.43 Å². The van der Waals surface area contributed by atoms with Crippen LogP contribution in [0.4, 0.5) is 0 Å². The summed E-state index contributed by atoms with van der Waals surface area (Å²) in [5.41, 5.74) is 3.16. The average molecular weight is 539 g/mol. The van der Waals surface area contributed by atoms with E-state index in [4.69, 9.17) is 20.8 Å². The van der Waals surface area contributed by atoms with Gasteiger partial charge in [0, 0.05) is 16.0 Å². The molecule has 0 saturated carbocycles. The first kappa shape index (κ1) is 22.7. The molecule has 4 aromatic rings. The highest BCUT2D eigenvalue weighted by molar-refractivity contribution is 9.10. The van der Waals surface area contributed by atoms with Gasteiger partial charge in [0.25, 0.3) is 5.91 Å². The normalized spacial score (nSPS) is 15.1. The number of hydrogen-bond acceptors (Lipinski definition) is 4. The number of methoxy groups -OCH3 is 1. The van der Waals surface area contributed by atoms with E-state index in [1.54, 1.807) is 24.1 Å². The molecule has 0 spiro atoms. The fourth-order valence-electron chi connectivity index (χ4n) is 4.44. The van der Waals surface area contributed by atoms with Crippen LogP contribution in [0.1, 0.15) is 38.9 Å². The van der Waals surface area contributed by atoms with Gasteiger partial charge in [-0.3, -0.25) is 9.59 Å². The van der Waals surface area contributed by atoms with Gasteiger partial charge < -0.3 is 14.1 Å². The number of aryl methyl sites for hydroxylation is 1. The van der Waals surface area contributed by atoms with Gasteiger partial charge in [-0.15, -0.1) is 0 Å². The molecule has 0 fully saturated rings. The molecule has 0 N–H and O–H groups in total. The van der Waals surface area contributed by atoms with E-state index in [1.165, 1.54) is 0 Å². The molecule has 5 nitrogen and oxygen atoms in total. The van der Waals surface area contributed by atoms with Gasteiger partial charge in [-0.05, 0) is 66.4 Å². The van der Waals surface area contributed by atoms with Gasteiger partial charge in [0.05, 0.1) is 24.1 Å². The van der Waals surface area contributed by atoms with Crippen molar-refractivity contribution in [2.24, 2.45) is 0 Å². The molecule has 7 heteroatoms. The molecular weight excluding hydrogens is 518 g/mol. The number of rotatable bonds is 5. The number of nitrogens with zero attached hydrogens (tertiary/aromatic N) is 1. The first-order valence-corrected chi connectivity index (χ1v) is 12.0. The highest BCUT2D eigenvalue weighted by Gasteiger charge is 2.42. The maximum absolute atomic E-state index is 13.7. The standard InChI is InChI=1S/C27H21BrClNO4/c1-15-12-22-20(14-21(15)29)25(31)23-24(17-4-3-5-18(28)13-17)30(27(32)26(23)34-22)11-10-16-6-8-19(33-2)9-7-16/h3-9,12-14,24H,10-11H2,1-2H3. The Labute approximate surface area is 210 Å². The molecule has 0 saturated heterocycles. The maximum atomic E-state index is 13.7. The Balaban J connectivity index is 1.62. The number of hydrogen-bond donors (Lipinski definition) is 0. The highest BCUT2D eigenvalue weighted by Crippen LogP contribution is 2.39. The molecule has 1 aliphatic heterocycles. The predicted molar refractivity (Wildman–Crippen MR) is 136 cm³/mol. The summed E-state index contributed by atoms with van der Waals surface area (Å²) in [6, 6.07) is 18.2. The molecule has 2 heterocycles. The van der Waals surface area contributed by atoms with Gasteiger partial charge >= 0.3 is 0 Å². The fourth-order valence-corrected chi connectivity index (χ4v) is 5.02. The molecule has 34 heavy (non-hydrogen) atoms. The Morgan fingerprint density at radius 2 is 1.85 bits per heavy atom. The maximum Gasteiger partial charge on any atom is 0.290 e. The third-order valence-electron chi connectivity index (χ3n) is 6.21. The molecule has 172 valence electrons. The summed E-state index contributed by atoms with van der Waals surface area (Å²) >= 11 is 9.82. The van der Waals surface area contributed by atoms with E-state index < -0.39 is 6.04 Å². The summed E-state index contributed by atoms with van der Waals surface area (Å²) in [4.78, 5) is 29.0. The minimum atomic E-state index is -0.557. The summed E-state index contributed by atoms with van der Waals surface area (Å²) in [7, 11) is 1.63. The first-order valence-electron chi connectivity index (χ1n) is 10.8. The SMILES string of the molecule is COc1ccc(CCN2C(=O)c3oc4cc(C)c(Cl)cc4c(=O)c3C2c2cccc(Br)c2)cc1. The third kappa shape index (κ3) is 3.91. The molecule has 0 radical (unpaired) electrons. The number of amides is 1. The monoisotopic (exact) mass is 537 g/mol. The van der Waals surface area contributed by atoms with Crippen molar-refractivity contribution in [3.05, 3.63) is 108 Å². The molecule has 0 aliphatic carbocycles. The smallest absolute Gasteiger partial charge is 0.290 e. The topological polar surface area (TPSA) is 59.8 Å². The number of halogens is 2. The quantitative estimate of drug-likeness (QED) is 0.299. The van der Waals surface area contributed by atoms with Crippen LogP contribution in [-0.4, -0.2) is 24.5 Å². The summed E-state index contributed by atoms with van der Waals surface area (Å²) in [6.45, 7) is 2.25. The van der Waals surface area contributed by atoms with Gasteiger partial charge in [-0.25, -0.2) is 0 Å². The van der Waals surface area contributed by atoms with Crippen LogP contribution in [0.25, 0.3) is 11.0 Å². The number of carbonyl (C=O) groups is 1. The van der Waals surface area contributed by atoms with Gasteiger partial charge in [0.2, 0.25) is 5.76 Å². The summed E-state index contributed by atoms with van der Waals surface area (Å²) < 4.78 is 12.1. The lowest BCUT2D eigenvalue weighted by Gasteiger charge is -2.25. The Bertz CT molecular complexity index is 1480. The molecule has 1 unspecified atom stereocenters. The lowest BCUT2D eigenvalue weighted by atomic mass is 9.98. The molecule has 1 atom stereocenters. The van der Waals surface area contributed by atoms with Crippen molar-refractivity contribution in [2.75, 3.05) is 13.7 Å². The van der Waals surface area contributed by atoms with Crippen LogP contribution in [-0.2, 0) is 6.42 Å². The zero-order chi connectivity index (χ0) is 24.0. The zero-order valence-electron chi connectivity index (χ0n) is 18.6. The van der Waals surface area contributed by atoms with Gasteiger partial charge in [0.1, 0.15) is 11.3 Å². The molecule has 3 aromatic carbocycles. The lowest BCUT2D eigenvalue weighted by molar-refractivity contribution is 0.0730. The number of ether oxygens (including phenoxy) is 1. The lowest BCUT2D eigenvalue weighted by Crippen LogP contribution is -2.31. The van der Waals surface area contributed by atoms with Crippen molar-refractivity contribution in [2.45, 2.75) is 19.4 Å². The third-order valence-corrected chi connectivity index (χ3v) is 7.11. The molecule has 0 bridgehead atoms. The summed E-state index contributed by atoms with van der Waals surface area (Å²) in [5.74, 6) is 0.579. The van der Waals surface area contributed by atoms with Gasteiger partial charge in [-0.1, -0.05) is 51.8 Å². The second-order valence-corrected chi connectivity index (χ2v) is 9.65. The van der Waals surface area contributed by atoms with Gasteiger partial charge in [-0.2, -0.15) is 0 Å². The van der Waals surface area contributed by atoms with Crippen molar-refractivity contribution in [1.82, 2.24) is 4.90 Å². The van der Waals surface area contributed by atoms with Crippen LogP contribution in [0.15, 0.2) is 74.3 Å². The van der Waals surface area contributed by atoms with E-state index in [9.17, 15) is 9.59 Å². The van der Waals surface area contributed by atoms with Crippen LogP contribution in [0, 0.1) is 6.92 Å². The second-order valence-electron chi connectivity index (χ2n) is 8.33. The van der Waals surface area contributed by atoms with Crippen molar-refractivity contribution in [1.29, 1.82) is 0 Å². The minimum absolute atomic E-state index is 0.0962. The van der Waals surface area contributed by atoms with Crippen LogP contribution in [0.3, 0.4) is 0 Å². The van der Waals surface area contributed by atoms with E-state index in [0.29, 0.717) is 34.5 Å². The Morgan fingerprint density at radius 1 is 1.09 bits per heavy atom. The second kappa shape index (κ2) is 8.93. The highest BCUT2D eigenvalue weighted by atomic mass is 79.9. The Morgan fingerprint density at radius 3 is 2.56 bits per heavy atom. The van der Waals surface area contributed by atoms with Crippen molar-refractivity contribution in [3.8, 4) is 5.75 Å². The number of benzene rings is 3. The minimum Gasteiger partial charge on any atom is -0.497 e. The predicted octanol–water partition coefficient (Wildman–Crippen LogP) is 6.31. The van der Waals surface area contributed by atoms with Crippen LogP contribution in [0.2, 0.25) is 5.02 Å². The fraction of sp³-hybridized carbons (Fsp3) is 0.185. The zero-order valence-corrected chi connectivity index (χ0v) is 20.9. The van der Waals surface area contributed by atoms with Crippen LogP contribution in [0.5, 0.6) is 5.75 Å². The summed E-state index contributed by atoms with van der Waals surface area (Å²) in [6.07, 6.45) is 0.618. The van der Waals surface area contributed by atoms with E-state index in [-0.39, 0.29) is 17.1 Å². The molecule has 1 amide bonds. The van der Waals surface area contributed by atoms with E-state index >= 15 is 0 Å². The number of carbonyl (C=O) groups excluding carboxylic acids is 1. The summed E-state index contributed by atoms with van der Waals surface area (Å²) in [5, 5.41) is 0.860. The molecule has 5 rings (SSSR count). The van der Waals surface area contributed by atoms with Crippen molar-refractivity contribution in [3.63, 3.8) is 0 Å². The Hall–Kier alpha value is -3.09. The first-order chi connectivity index (χ1) is 16.4. The Kier molecular flexibility index (Phi) is 5.96. The van der Waals surface area contributed by atoms with Crippen molar-refractivity contribution < 1.29 is 13.9 Å². The average Bonchev–Trinajstić information content (AvgIpc) is 3.11. The van der Waals surface area contributed by atoms with E-state index in [0.717, 1.165) is 26.9 Å². The van der Waals surface area contributed by atoms with E-state index in [2.05, 4.69) is 15.9 Å².